The van der Waals surface area contributed by atoms with Crippen LogP contribution in [0.1, 0.15) is 17.3 Å². The number of nitrogens with zero attached hydrogens (tertiary/aromatic N) is 1. The van der Waals surface area contributed by atoms with Gasteiger partial charge in [0.05, 0.1) is 12.2 Å². The van der Waals surface area contributed by atoms with Crippen molar-refractivity contribution in [3.05, 3.63) is 43.6 Å². The lowest BCUT2D eigenvalue weighted by Gasteiger charge is -2.06. The molecule has 2 rings (SSSR count). The van der Waals surface area contributed by atoms with Crippen LogP contribution in [0.2, 0.25) is 0 Å². The first-order valence-corrected chi connectivity index (χ1v) is 7.05. The van der Waals surface area contributed by atoms with Crippen molar-refractivity contribution in [3.63, 3.8) is 0 Å². The number of hydrogen-bond acceptors (Lipinski definition) is 3. The summed E-state index contributed by atoms with van der Waals surface area (Å²) in [6, 6.07) is 6.12. The fraction of sp³-hybridized carbons (Fsp3) is 0.250. The van der Waals surface area contributed by atoms with E-state index in [1.807, 2.05) is 26.0 Å². The third-order valence-corrected chi connectivity index (χ3v) is 3.87. The minimum absolute atomic E-state index is 0.598. The van der Waals surface area contributed by atoms with Crippen molar-refractivity contribution in [2.24, 2.45) is 0 Å². The second-order valence-electron chi connectivity index (χ2n) is 3.73. The molecule has 0 atom stereocenters. The molecule has 0 aliphatic carbocycles. The van der Waals surface area contributed by atoms with Gasteiger partial charge < -0.3 is 9.73 Å². The third-order valence-electron chi connectivity index (χ3n) is 2.43. The molecule has 0 aliphatic rings. The molecule has 0 saturated carbocycles. The molecule has 1 heterocycles. The number of benzene rings is 1. The summed E-state index contributed by atoms with van der Waals surface area (Å²) in [6.45, 7) is 4.47. The van der Waals surface area contributed by atoms with Crippen LogP contribution in [0.5, 0.6) is 0 Å². The van der Waals surface area contributed by atoms with Crippen molar-refractivity contribution in [1.82, 2.24) is 4.98 Å². The molecular formula is C12H12BrIN2O. The summed E-state index contributed by atoms with van der Waals surface area (Å²) in [6.07, 6.45) is 0. The predicted molar refractivity (Wildman–Crippen MR) is 80.2 cm³/mol. The highest BCUT2D eigenvalue weighted by Crippen LogP contribution is 2.23. The molecule has 0 saturated heterocycles. The third kappa shape index (κ3) is 3.22. The molecule has 0 amide bonds. The molecule has 0 radical (unpaired) electrons. The molecular weight excluding hydrogens is 395 g/mol. The first-order chi connectivity index (χ1) is 8.06. The van der Waals surface area contributed by atoms with Crippen molar-refractivity contribution < 1.29 is 4.42 Å². The summed E-state index contributed by atoms with van der Waals surface area (Å²) < 4.78 is 7.75. The molecule has 1 N–H and O–H groups in total. The van der Waals surface area contributed by atoms with Gasteiger partial charge in [-0.3, -0.25) is 0 Å². The molecule has 2 aromatic rings. The van der Waals surface area contributed by atoms with E-state index in [9.17, 15) is 0 Å². The molecule has 0 unspecified atom stereocenters. The lowest BCUT2D eigenvalue weighted by atomic mass is 10.3. The maximum atomic E-state index is 5.52. The van der Waals surface area contributed by atoms with Gasteiger partial charge in [0.1, 0.15) is 5.76 Å². The van der Waals surface area contributed by atoms with E-state index in [-0.39, 0.29) is 0 Å². The molecule has 3 nitrogen and oxygen atoms in total. The van der Waals surface area contributed by atoms with E-state index in [4.69, 9.17) is 4.42 Å². The van der Waals surface area contributed by atoms with Gasteiger partial charge in [0.15, 0.2) is 0 Å². The lowest BCUT2D eigenvalue weighted by molar-refractivity contribution is 0.478. The van der Waals surface area contributed by atoms with Gasteiger partial charge in [-0.05, 0) is 54.6 Å². The van der Waals surface area contributed by atoms with Crippen LogP contribution in [0.25, 0.3) is 0 Å². The minimum Gasteiger partial charge on any atom is -0.444 e. The zero-order valence-corrected chi connectivity index (χ0v) is 13.3. The Balaban J connectivity index is 2.09. The Morgan fingerprint density at radius 1 is 1.41 bits per heavy atom. The van der Waals surface area contributed by atoms with Gasteiger partial charge in [-0.1, -0.05) is 15.9 Å². The molecule has 17 heavy (non-hydrogen) atoms. The molecule has 90 valence electrons. The maximum absolute atomic E-state index is 5.52. The Hall–Kier alpha value is -0.560. The quantitative estimate of drug-likeness (QED) is 0.773. The van der Waals surface area contributed by atoms with Gasteiger partial charge in [-0.25, -0.2) is 4.98 Å². The van der Waals surface area contributed by atoms with Crippen molar-refractivity contribution >= 4 is 44.2 Å². The number of rotatable bonds is 3. The highest BCUT2D eigenvalue weighted by molar-refractivity contribution is 14.1. The second-order valence-corrected chi connectivity index (χ2v) is 5.80. The maximum Gasteiger partial charge on any atom is 0.213 e. The summed E-state index contributed by atoms with van der Waals surface area (Å²) in [7, 11) is 0. The van der Waals surface area contributed by atoms with Crippen LogP contribution < -0.4 is 5.32 Å². The molecule has 5 heteroatoms. The summed E-state index contributed by atoms with van der Waals surface area (Å²) in [5, 5.41) is 3.32. The average Bonchev–Trinajstić information content (AvgIpc) is 2.60. The van der Waals surface area contributed by atoms with Crippen LogP contribution in [0.3, 0.4) is 0 Å². The van der Waals surface area contributed by atoms with E-state index in [1.54, 1.807) is 0 Å². The van der Waals surface area contributed by atoms with E-state index in [0.29, 0.717) is 6.54 Å². The molecule has 0 bridgehead atoms. The van der Waals surface area contributed by atoms with Crippen LogP contribution in [0.15, 0.2) is 27.1 Å². The zero-order valence-electron chi connectivity index (χ0n) is 9.55. The van der Waals surface area contributed by atoms with E-state index in [1.165, 1.54) is 3.57 Å². The minimum atomic E-state index is 0.598. The van der Waals surface area contributed by atoms with Gasteiger partial charge in [-0.15, -0.1) is 0 Å². The number of hydrogen-bond donors (Lipinski definition) is 1. The second kappa shape index (κ2) is 5.39. The normalized spacial score (nSPS) is 10.6. The Kier molecular flexibility index (Phi) is 4.09. The first-order valence-electron chi connectivity index (χ1n) is 5.18. The first kappa shape index (κ1) is 12.9. The van der Waals surface area contributed by atoms with Gasteiger partial charge in [0, 0.05) is 13.7 Å². The topological polar surface area (TPSA) is 38.1 Å². The van der Waals surface area contributed by atoms with Crippen molar-refractivity contribution in [2.45, 2.75) is 20.4 Å². The SMILES string of the molecule is Cc1nc(CNc2cc(Br)ccc2I)oc1C. The number of aryl methyl sites for hydroxylation is 2. The number of anilines is 1. The fourth-order valence-corrected chi connectivity index (χ4v) is 2.31. The number of halogens is 2. The zero-order chi connectivity index (χ0) is 12.4. The Morgan fingerprint density at radius 3 is 2.82 bits per heavy atom. The molecule has 0 spiro atoms. The Morgan fingerprint density at radius 2 is 2.18 bits per heavy atom. The predicted octanol–water partition coefficient (Wildman–Crippen LogP) is 4.27. The highest BCUT2D eigenvalue weighted by atomic mass is 127. The fourth-order valence-electron chi connectivity index (χ4n) is 1.42. The molecule has 1 aromatic heterocycles. The van der Waals surface area contributed by atoms with Gasteiger partial charge in [-0.2, -0.15) is 0 Å². The van der Waals surface area contributed by atoms with E-state index >= 15 is 0 Å². The monoisotopic (exact) mass is 406 g/mol. The summed E-state index contributed by atoms with van der Waals surface area (Å²) in [4.78, 5) is 4.33. The average molecular weight is 407 g/mol. The molecule has 0 aliphatic heterocycles. The van der Waals surface area contributed by atoms with Crippen LogP contribution in [-0.2, 0) is 6.54 Å². The lowest BCUT2D eigenvalue weighted by Crippen LogP contribution is -2.01. The van der Waals surface area contributed by atoms with E-state index < -0.39 is 0 Å². The van der Waals surface area contributed by atoms with Crippen LogP contribution >= 0.6 is 38.5 Å². The smallest absolute Gasteiger partial charge is 0.213 e. The number of nitrogens with one attached hydrogen (secondary N) is 1. The largest absolute Gasteiger partial charge is 0.444 e. The highest BCUT2D eigenvalue weighted by Gasteiger charge is 2.06. The Bertz CT molecular complexity index is 520. The number of oxazole rings is 1. The van der Waals surface area contributed by atoms with Crippen molar-refractivity contribution in [3.8, 4) is 0 Å². The molecule has 0 fully saturated rings. The summed E-state index contributed by atoms with van der Waals surface area (Å²) >= 11 is 5.75. The van der Waals surface area contributed by atoms with Crippen LogP contribution in [-0.4, -0.2) is 4.98 Å². The van der Waals surface area contributed by atoms with Crippen molar-refractivity contribution in [2.75, 3.05) is 5.32 Å². The van der Waals surface area contributed by atoms with Gasteiger partial charge in [0.2, 0.25) is 5.89 Å². The van der Waals surface area contributed by atoms with Crippen LogP contribution in [0.4, 0.5) is 5.69 Å². The van der Waals surface area contributed by atoms with E-state index in [0.717, 1.165) is 27.5 Å². The summed E-state index contributed by atoms with van der Waals surface area (Å²) in [5.74, 6) is 1.60. The Labute approximate surface area is 122 Å². The van der Waals surface area contributed by atoms with Gasteiger partial charge in [0.25, 0.3) is 0 Å². The van der Waals surface area contributed by atoms with Crippen molar-refractivity contribution in [1.29, 1.82) is 0 Å². The van der Waals surface area contributed by atoms with Gasteiger partial charge >= 0.3 is 0 Å². The molecule has 1 aromatic carbocycles. The number of aromatic nitrogens is 1. The van der Waals surface area contributed by atoms with Crippen LogP contribution in [0, 0.1) is 17.4 Å². The standard InChI is InChI=1S/C12H12BrIN2O/c1-7-8(2)17-12(16-7)6-15-11-5-9(13)3-4-10(11)14/h3-5,15H,6H2,1-2H3. The van der Waals surface area contributed by atoms with E-state index in [2.05, 4.69) is 54.9 Å². The summed E-state index contributed by atoms with van der Waals surface area (Å²) in [5.41, 5.74) is 2.03.